The summed E-state index contributed by atoms with van der Waals surface area (Å²) in [7, 11) is 1.38. The molecule has 1 aromatic heterocycles. The number of carbonyl (C=O) groups excluding carboxylic acids is 3. The number of anilines is 2. The topological polar surface area (TPSA) is 84.5 Å². The van der Waals surface area contributed by atoms with Crippen molar-refractivity contribution < 1.29 is 19.1 Å². The van der Waals surface area contributed by atoms with Gasteiger partial charge in [0, 0.05) is 21.4 Å². The molecular weight excluding hydrogens is 504 g/mol. The minimum Gasteiger partial charge on any atom is -0.465 e. The summed E-state index contributed by atoms with van der Waals surface area (Å²) >= 11 is 2.92. The average molecular weight is 543 g/mol. The normalized spacial score (nSPS) is 18.1. The molecule has 8 heteroatoms. The zero-order chi connectivity index (χ0) is 26.6. The van der Waals surface area contributed by atoms with Crippen LogP contribution in [0.15, 0.2) is 29.2 Å². The fourth-order valence-corrected chi connectivity index (χ4v) is 7.40. The van der Waals surface area contributed by atoms with Gasteiger partial charge in [-0.25, -0.2) is 4.79 Å². The smallest absolute Gasteiger partial charge is 0.341 e. The Bertz CT molecular complexity index is 1150. The molecule has 1 atom stereocenters. The number of methoxy groups -OCH3 is 1. The number of hydrogen-bond acceptors (Lipinski definition) is 6. The monoisotopic (exact) mass is 542 g/mol. The van der Waals surface area contributed by atoms with Gasteiger partial charge < -0.3 is 15.4 Å². The number of fused-ring (bicyclic) bond motifs is 1. The maximum Gasteiger partial charge on any atom is 0.341 e. The van der Waals surface area contributed by atoms with E-state index in [0.29, 0.717) is 16.5 Å². The van der Waals surface area contributed by atoms with Gasteiger partial charge in [-0.15, -0.1) is 23.1 Å². The van der Waals surface area contributed by atoms with E-state index in [1.807, 2.05) is 24.3 Å². The summed E-state index contributed by atoms with van der Waals surface area (Å²) in [6.07, 6.45) is 8.11. The number of thiophene rings is 1. The molecule has 6 nitrogen and oxygen atoms in total. The van der Waals surface area contributed by atoms with Crippen LogP contribution in [0.4, 0.5) is 10.7 Å². The van der Waals surface area contributed by atoms with E-state index in [1.54, 1.807) is 0 Å². The highest BCUT2D eigenvalue weighted by Crippen LogP contribution is 2.44. The minimum absolute atomic E-state index is 0.0882. The quantitative estimate of drug-likeness (QED) is 0.293. The first-order valence-corrected chi connectivity index (χ1v) is 15.0. The van der Waals surface area contributed by atoms with E-state index >= 15 is 0 Å². The molecule has 2 aromatic rings. The van der Waals surface area contributed by atoms with E-state index in [2.05, 4.69) is 31.4 Å². The molecule has 1 fully saturated rings. The Morgan fingerprint density at radius 1 is 1.08 bits per heavy atom. The van der Waals surface area contributed by atoms with Gasteiger partial charge in [0.1, 0.15) is 5.00 Å². The van der Waals surface area contributed by atoms with E-state index in [9.17, 15) is 14.4 Å². The molecular formula is C29H38N2O4S2. The molecule has 0 saturated heterocycles. The van der Waals surface area contributed by atoms with Gasteiger partial charge in [0.15, 0.2) is 0 Å². The summed E-state index contributed by atoms with van der Waals surface area (Å²) in [5, 5.41) is 6.62. The molecule has 1 saturated carbocycles. The van der Waals surface area contributed by atoms with E-state index < -0.39 is 5.97 Å². The predicted octanol–water partition coefficient (Wildman–Crippen LogP) is 6.94. The zero-order valence-electron chi connectivity index (χ0n) is 22.3. The van der Waals surface area contributed by atoms with Gasteiger partial charge in [0.05, 0.1) is 18.4 Å². The number of amides is 2. The Morgan fingerprint density at radius 2 is 1.84 bits per heavy atom. The standard InChI is InChI=1S/C29H38N2O4S2/c1-29(2,3)19-13-14-22-23(15-19)37-27(25(22)28(34)35-4)31-24(32)17-36-21-12-8-11-20(16-21)30-26(33)18-9-6-5-7-10-18/h8,11-12,16,18-19H,5-7,9-10,13-15,17H2,1-4H3,(H,30,33)(H,31,32). The second-order valence-electron chi connectivity index (χ2n) is 11.2. The second kappa shape index (κ2) is 12.0. The van der Waals surface area contributed by atoms with Gasteiger partial charge >= 0.3 is 5.97 Å². The SMILES string of the molecule is COC(=O)c1c(NC(=O)CSc2cccc(NC(=O)C3CCCCC3)c2)sc2c1CCC(C(C)(C)C)C2. The van der Waals surface area contributed by atoms with Crippen LogP contribution < -0.4 is 10.6 Å². The first-order chi connectivity index (χ1) is 17.7. The van der Waals surface area contributed by atoms with Crippen LogP contribution in [0.1, 0.15) is 80.1 Å². The minimum atomic E-state index is -0.393. The maximum absolute atomic E-state index is 12.9. The van der Waals surface area contributed by atoms with Crippen molar-refractivity contribution in [3.8, 4) is 0 Å². The van der Waals surface area contributed by atoms with Crippen LogP contribution in [-0.2, 0) is 27.2 Å². The van der Waals surface area contributed by atoms with Crippen LogP contribution in [0.3, 0.4) is 0 Å². The molecule has 4 rings (SSSR count). The number of benzene rings is 1. The number of thioether (sulfide) groups is 1. The van der Waals surface area contributed by atoms with E-state index in [0.717, 1.165) is 61.1 Å². The molecule has 1 unspecified atom stereocenters. The summed E-state index contributed by atoms with van der Waals surface area (Å²) < 4.78 is 5.07. The number of nitrogens with one attached hydrogen (secondary N) is 2. The molecule has 0 spiro atoms. The summed E-state index contributed by atoms with van der Waals surface area (Å²) in [6, 6.07) is 7.62. The first-order valence-electron chi connectivity index (χ1n) is 13.2. The number of carbonyl (C=O) groups is 3. The highest BCUT2D eigenvalue weighted by atomic mass is 32.2. The lowest BCUT2D eigenvalue weighted by Gasteiger charge is -2.33. The zero-order valence-corrected chi connectivity index (χ0v) is 23.9. The molecule has 2 amide bonds. The van der Waals surface area contributed by atoms with E-state index in [-0.39, 0.29) is 28.9 Å². The Labute approximate surface area is 228 Å². The third-order valence-electron chi connectivity index (χ3n) is 7.58. The van der Waals surface area contributed by atoms with Gasteiger partial charge in [-0.05, 0) is 67.2 Å². The molecule has 2 aliphatic rings. The lowest BCUT2D eigenvalue weighted by molar-refractivity contribution is -0.120. The number of hydrogen-bond donors (Lipinski definition) is 2. The molecule has 37 heavy (non-hydrogen) atoms. The van der Waals surface area contributed by atoms with E-state index in [1.165, 1.54) is 41.5 Å². The largest absolute Gasteiger partial charge is 0.465 e. The van der Waals surface area contributed by atoms with Crippen LogP contribution >= 0.6 is 23.1 Å². The van der Waals surface area contributed by atoms with Crippen LogP contribution in [0.2, 0.25) is 0 Å². The van der Waals surface area contributed by atoms with Crippen molar-refractivity contribution in [2.75, 3.05) is 23.5 Å². The van der Waals surface area contributed by atoms with Crippen molar-refractivity contribution in [1.82, 2.24) is 0 Å². The van der Waals surface area contributed by atoms with Crippen LogP contribution in [0.5, 0.6) is 0 Å². The lowest BCUT2D eigenvalue weighted by Crippen LogP contribution is -2.26. The van der Waals surface area contributed by atoms with Gasteiger partial charge in [-0.3, -0.25) is 9.59 Å². The van der Waals surface area contributed by atoms with Crippen molar-refractivity contribution in [3.05, 3.63) is 40.3 Å². The predicted molar refractivity (Wildman–Crippen MR) is 152 cm³/mol. The summed E-state index contributed by atoms with van der Waals surface area (Å²) in [6.45, 7) is 6.77. The molecule has 1 aromatic carbocycles. The highest BCUT2D eigenvalue weighted by molar-refractivity contribution is 8.00. The van der Waals surface area contributed by atoms with E-state index in [4.69, 9.17) is 4.74 Å². The molecule has 1 heterocycles. The number of esters is 1. The fourth-order valence-electron chi connectivity index (χ4n) is 5.32. The van der Waals surface area contributed by atoms with Crippen molar-refractivity contribution in [2.24, 2.45) is 17.3 Å². The fraction of sp³-hybridized carbons (Fsp3) is 0.552. The lowest BCUT2D eigenvalue weighted by atomic mass is 9.72. The second-order valence-corrected chi connectivity index (χ2v) is 13.3. The summed E-state index contributed by atoms with van der Waals surface area (Å²) in [4.78, 5) is 40.2. The highest BCUT2D eigenvalue weighted by Gasteiger charge is 2.34. The Balaban J connectivity index is 1.39. The first kappa shape index (κ1) is 27.7. The number of rotatable bonds is 7. The Morgan fingerprint density at radius 3 is 2.54 bits per heavy atom. The molecule has 0 radical (unpaired) electrons. The molecule has 0 bridgehead atoms. The third-order valence-corrected chi connectivity index (χ3v) is 9.74. The van der Waals surface area contributed by atoms with Gasteiger partial charge in [0.25, 0.3) is 0 Å². The van der Waals surface area contributed by atoms with Gasteiger partial charge in [-0.2, -0.15) is 0 Å². The van der Waals surface area contributed by atoms with Crippen LogP contribution in [0.25, 0.3) is 0 Å². The summed E-state index contributed by atoms with van der Waals surface area (Å²) in [5.41, 5.74) is 2.49. The Hall–Kier alpha value is -2.32. The van der Waals surface area contributed by atoms with Crippen molar-refractivity contribution in [3.63, 3.8) is 0 Å². The Kier molecular flexibility index (Phi) is 9.01. The maximum atomic E-state index is 12.9. The van der Waals surface area contributed by atoms with Crippen LogP contribution in [0, 0.1) is 17.3 Å². The van der Waals surface area contributed by atoms with Gasteiger partial charge in [0.2, 0.25) is 11.8 Å². The van der Waals surface area contributed by atoms with Gasteiger partial charge in [-0.1, -0.05) is 46.1 Å². The number of ether oxygens (including phenoxy) is 1. The third kappa shape index (κ3) is 6.96. The molecule has 200 valence electrons. The molecule has 2 aliphatic carbocycles. The van der Waals surface area contributed by atoms with Crippen molar-refractivity contribution in [2.45, 2.75) is 77.0 Å². The van der Waals surface area contributed by atoms with Crippen molar-refractivity contribution >= 4 is 51.6 Å². The summed E-state index contributed by atoms with van der Waals surface area (Å²) in [5.74, 6) is 0.358. The van der Waals surface area contributed by atoms with Crippen molar-refractivity contribution in [1.29, 1.82) is 0 Å². The molecule has 0 aliphatic heterocycles. The average Bonchev–Trinajstić information content (AvgIpc) is 3.24. The van der Waals surface area contributed by atoms with Crippen LogP contribution in [-0.4, -0.2) is 30.6 Å². The molecule has 2 N–H and O–H groups in total.